The number of carbonyl (C=O) groups is 2. The van der Waals surface area contributed by atoms with E-state index < -0.39 is 27.9 Å². The van der Waals surface area contributed by atoms with Gasteiger partial charge in [-0.25, -0.2) is 13.2 Å². The molecular weight excluding hydrogens is 332 g/mol. The van der Waals surface area contributed by atoms with Crippen molar-refractivity contribution in [3.05, 3.63) is 29.8 Å². The molecule has 8 heteroatoms. The Labute approximate surface area is 141 Å². The second kappa shape index (κ2) is 9.05. The zero-order valence-corrected chi connectivity index (χ0v) is 14.1. The van der Waals surface area contributed by atoms with E-state index in [-0.39, 0.29) is 17.0 Å². The highest BCUT2D eigenvalue weighted by atomic mass is 32.2. The molecule has 0 aliphatic rings. The van der Waals surface area contributed by atoms with Crippen molar-refractivity contribution in [1.29, 1.82) is 0 Å². The van der Waals surface area contributed by atoms with Gasteiger partial charge in [0.05, 0.1) is 11.4 Å². The smallest absolute Gasteiger partial charge is 0.326 e. The van der Waals surface area contributed by atoms with E-state index in [2.05, 4.69) is 16.0 Å². The van der Waals surface area contributed by atoms with E-state index in [1.807, 2.05) is 6.92 Å². The van der Waals surface area contributed by atoms with Crippen LogP contribution in [0.4, 0.5) is 0 Å². The molecule has 0 aliphatic heterocycles. The van der Waals surface area contributed by atoms with Gasteiger partial charge in [0.1, 0.15) is 6.04 Å². The van der Waals surface area contributed by atoms with Crippen molar-refractivity contribution < 1.29 is 23.1 Å². The molecule has 0 heterocycles. The number of amides is 1. The molecule has 24 heavy (non-hydrogen) atoms. The summed E-state index contributed by atoms with van der Waals surface area (Å²) in [5.74, 6) is 0.489. The summed E-state index contributed by atoms with van der Waals surface area (Å²) in [6.45, 7) is 1.79. The van der Waals surface area contributed by atoms with E-state index in [9.17, 15) is 18.0 Å². The summed E-state index contributed by atoms with van der Waals surface area (Å²) >= 11 is 0. The number of carboxylic acids is 1. The molecule has 1 unspecified atom stereocenters. The summed E-state index contributed by atoms with van der Waals surface area (Å²) in [6, 6.07) is 4.18. The van der Waals surface area contributed by atoms with Crippen LogP contribution in [0.3, 0.4) is 0 Å². The maximum absolute atomic E-state index is 12.1. The third-order valence-electron chi connectivity index (χ3n) is 3.24. The molecule has 1 amide bonds. The summed E-state index contributed by atoms with van der Waals surface area (Å²) in [5, 5.41) is 11.5. The van der Waals surface area contributed by atoms with E-state index >= 15 is 0 Å². The summed E-state index contributed by atoms with van der Waals surface area (Å²) in [5.41, 5.74) is 0.175. The Balaban J connectivity index is 2.83. The van der Waals surface area contributed by atoms with Crippen LogP contribution in [-0.2, 0) is 14.8 Å². The highest BCUT2D eigenvalue weighted by molar-refractivity contribution is 7.89. The number of rotatable bonds is 9. The molecule has 1 rings (SSSR count). The maximum atomic E-state index is 12.1. The lowest BCUT2D eigenvalue weighted by Gasteiger charge is -2.14. The molecule has 130 valence electrons. The van der Waals surface area contributed by atoms with Gasteiger partial charge in [0, 0.05) is 5.56 Å². The van der Waals surface area contributed by atoms with Crippen LogP contribution in [-0.4, -0.2) is 38.0 Å². The van der Waals surface area contributed by atoms with Crippen molar-refractivity contribution in [2.24, 2.45) is 0 Å². The summed E-state index contributed by atoms with van der Waals surface area (Å²) in [4.78, 5) is 23.2. The SMILES string of the molecule is C#CCNS(=O)(=O)c1ccc(C(=O)NC(CCCC)C(=O)O)cc1. The van der Waals surface area contributed by atoms with Crippen LogP contribution in [0.1, 0.15) is 36.5 Å². The van der Waals surface area contributed by atoms with Gasteiger partial charge in [0.15, 0.2) is 0 Å². The normalized spacial score (nSPS) is 12.2. The third-order valence-corrected chi connectivity index (χ3v) is 4.66. The Morgan fingerprint density at radius 1 is 1.29 bits per heavy atom. The van der Waals surface area contributed by atoms with Crippen molar-refractivity contribution in [1.82, 2.24) is 10.0 Å². The van der Waals surface area contributed by atoms with E-state index in [4.69, 9.17) is 11.5 Å². The Morgan fingerprint density at radius 2 is 1.92 bits per heavy atom. The van der Waals surface area contributed by atoms with Crippen LogP contribution < -0.4 is 10.0 Å². The number of benzene rings is 1. The van der Waals surface area contributed by atoms with Gasteiger partial charge in [-0.1, -0.05) is 25.7 Å². The molecule has 7 nitrogen and oxygen atoms in total. The fourth-order valence-corrected chi connectivity index (χ4v) is 2.85. The molecule has 0 spiro atoms. The average Bonchev–Trinajstić information content (AvgIpc) is 2.56. The zero-order chi connectivity index (χ0) is 18.2. The fraction of sp³-hybridized carbons (Fsp3) is 0.375. The highest BCUT2D eigenvalue weighted by Gasteiger charge is 2.20. The van der Waals surface area contributed by atoms with Crippen molar-refractivity contribution in [2.75, 3.05) is 6.54 Å². The Hall–Kier alpha value is -2.37. The predicted octanol–water partition coefficient (Wildman–Crippen LogP) is 0.971. The number of carbonyl (C=O) groups excluding carboxylic acids is 1. The number of hydrogen-bond acceptors (Lipinski definition) is 4. The first-order valence-corrected chi connectivity index (χ1v) is 8.87. The molecule has 0 bridgehead atoms. The Bertz CT molecular complexity index is 720. The summed E-state index contributed by atoms with van der Waals surface area (Å²) in [7, 11) is -3.73. The average molecular weight is 352 g/mol. The van der Waals surface area contributed by atoms with Crippen LogP contribution in [0.15, 0.2) is 29.2 Å². The molecule has 0 radical (unpaired) electrons. The maximum Gasteiger partial charge on any atom is 0.326 e. The molecule has 1 atom stereocenters. The fourth-order valence-electron chi connectivity index (χ4n) is 1.91. The number of nitrogens with one attached hydrogen (secondary N) is 2. The lowest BCUT2D eigenvalue weighted by molar-refractivity contribution is -0.139. The summed E-state index contributed by atoms with van der Waals surface area (Å²) in [6.07, 6.45) is 6.83. The number of hydrogen-bond donors (Lipinski definition) is 3. The first kappa shape index (κ1) is 19.7. The Morgan fingerprint density at radius 3 is 2.42 bits per heavy atom. The van der Waals surface area contributed by atoms with E-state index in [0.29, 0.717) is 12.8 Å². The van der Waals surface area contributed by atoms with Gasteiger partial charge >= 0.3 is 5.97 Å². The molecule has 0 saturated carbocycles. The monoisotopic (exact) mass is 352 g/mol. The number of unbranched alkanes of at least 4 members (excludes halogenated alkanes) is 1. The molecule has 0 fully saturated rings. The van der Waals surface area contributed by atoms with Gasteiger partial charge in [-0.05, 0) is 30.7 Å². The lowest BCUT2D eigenvalue weighted by Crippen LogP contribution is -2.40. The highest BCUT2D eigenvalue weighted by Crippen LogP contribution is 2.11. The molecule has 1 aromatic carbocycles. The van der Waals surface area contributed by atoms with Gasteiger partial charge in [0.2, 0.25) is 10.0 Å². The first-order valence-electron chi connectivity index (χ1n) is 7.38. The van der Waals surface area contributed by atoms with E-state index in [1.54, 1.807) is 0 Å². The largest absolute Gasteiger partial charge is 0.480 e. The minimum absolute atomic E-state index is 0.0323. The molecule has 1 aromatic rings. The second-order valence-electron chi connectivity index (χ2n) is 5.06. The number of sulfonamides is 1. The number of terminal acetylenes is 1. The zero-order valence-electron chi connectivity index (χ0n) is 13.3. The van der Waals surface area contributed by atoms with Gasteiger partial charge in [-0.3, -0.25) is 4.79 Å². The molecule has 0 aromatic heterocycles. The van der Waals surface area contributed by atoms with E-state index in [0.717, 1.165) is 6.42 Å². The van der Waals surface area contributed by atoms with Crippen LogP contribution >= 0.6 is 0 Å². The second-order valence-corrected chi connectivity index (χ2v) is 6.83. The number of aliphatic carboxylic acids is 1. The minimum Gasteiger partial charge on any atom is -0.480 e. The quantitative estimate of drug-likeness (QED) is 0.573. The van der Waals surface area contributed by atoms with Gasteiger partial charge in [-0.2, -0.15) is 4.72 Å². The van der Waals surface area contributed by atoms with Crippen molar-refractivity contribution in [2.45, 2.75) is 37.1 Å². The van der Waals surface area contributed by atoms with Crippen molar-refractivity contribution >= 4 is 21.9 Å². The topological polar surface area (TPSA) is 113 Å². The Kier molecular flexibility index (Phi) is 7.42. The minimum atomic E-state index is -3.73. The van der Waals surface area contributed by atoms with Gasteiger partial charge in [-0.15, -0.1) is 6.42 Å². The van der Waals surface area contributed by atoms with Gasteiger partial charge in [0.25, 0.3) is 5.91 Å². The molecule has 0 saturated heterocycles. The van der Waals surface area contributed by atoms with Crippen LogP contribution in [0, 0.1) is 12.3 Å². The first-order chi connectivity index (χ1) is 11.3. The lowest BCUT2D eigenvalue weighted by atomic mass is 10.1. The van der Waals surface area contributed by atoms with Crippen LogP contribution in [0.5, 0.6) is 0 Å². The van der Waals surface area contributed by atoms with Crippen molar-refractivity contribution in [3.8, 4) is 12.3 Å². The molecule has 0 aliphatic carbocycles. The van der Waals surface area contributed by atoms with Crippen LogP contribution in [0.25, 0.3) is 0 Å². The summed E-state index contributed by atoms with van der Waals surface area (Å²) < 4.78 is 25.9. The standard InChI is InChI=1S/C16H20N2O5S/c1-3-5-6-14(16(20)21)18-15(19)12-7-9-13(10-8-12)24(22,23)17-11-4-2/h2,7-10,14,17H,3,5-6,11H2,1H3,(H,18,19)(H,20,21). The number of carboxylic acid groups (broad SMARTS) is 1. The third kappa shape index (κ3) is 5.68. The van der Waals surface area contributed by atoms with Gasteiger partial charge < -0.3 is 10.4 Å². The van der Waals surface area contributed by atoms with E-state index in [1.165, 1.54) is 24.3 Å². The predicted molar refractivity (Wildman–Crippen MR) is 88.9 cm³/mol. The van der Waals surface area contributed by atoms with Crippen LogP contribution in [0.2, 0.25) is 0 Å². The van der Waals surface area contributed by atoms with Crippen molar-refractivity contribution in [3.63, 3.8) is 0 Å². The molecular formula is C16H20N2O5S. The molecule has 3 N–H and O–H groups in total.